The number of amides is 4. The van der Waals surface area contributed by atoms with E-state index in [-0.39, 0.29) is 5.92 Å². The third kappa shape index (κ3) is 3.24. The summed E-state index contributed by atoms with van der Waals surface area (Å²) >= 11 is 0. The average molecular weight is 382 g/mol. The van der Waals surface area contributed by atoms with Crippen molar-refractivity contribution in [3.8, 4) is 6.07 Å². The Morgan fingerprint density at radius 2 is 2.04 bits per heavy atom. The summed E-state index contributed by atoms with van der Waals surface area (Å²) in [6.07, 6.45) is 3.09. The van der Waals surface area contributed by atoms with Crippen LogP contribution < -0.4 is 10.6 Å². The molecule has 0 saturated carbocycles. The lowest BCUT2D eigenvalue weighted by Crippen LogP contribution is -2.52. The molecule has 2 aliphatic rings. The number of carbonyl (C=O) groups is 3. The zero-order chi connectivity index (χ0) is 20.7. The highest BCUT2D eigenvalue weighted by molar-refractivity contribution is 6.09. The Kier molecular flexibility index (Phi) is 4.92. The lowest BCUT2D eigenvalue weighted by molar-refractivity contribution is -0.135. The third-order valence-electron chi connectivity index (χ3n) is 6.04. The SMILES string of the molecule is CC(C)[C@@](C)(C#N)NC(=O)CN1C(=O)N[C@@](C)(c2ccc3c(c2)CCC3)C1=O. The number of fused-ring (bicyclic) bond motifs is 1. The molecule has 0 bridgehead atoms. The van der Waals surface area contributed by atoms with Crippen molar-refractivity contribution < 1.29 is 14.4 Å². The van der Waals surface area contributed by atoms with Gasteiger partial charge in [0.1, 0.15) is 17.6 Å². The van der Waals surface area contributed by atoms with Crippen molar-refractivity contribution in [3.63, 3.8) is 0 Å². The molecule has 28 heavy (non-hydrogen) atoms. The van der Waals surface area contributed by atoms with E-state index in [1.807, 2.05) is 32.0 Å². The van der Waals surface area contributed by atoms with E-state index in [2.05, 4.69) is 16.7 Å². The van der Waals surface area contributed by atoms with Gasteiger partial charge in [0.2, 0.25) is 5.91 Å². The number of rotatable bonds is 5. The summed E-state index contributed by atoms with van der Waals surface area (Å²) in [6.45, 7) is 6.50. The van der Waals surface area contributed by atoms with Gasteiger partial charge in [0.05, 0.1) is 6.07 Å². The molecule has 0 radical (unpaired) electrons. The van der Waals surface area contributed by atoms with Gasteiger partial charge < -0.3 is 10.6 Å². The van der Waals surface area contributed by atoms with Gasteiger partial charge in [-0.1, -0.05) is 32.0 Å². The summed E-state index contributed by atoms with van der Waals surface area (Å²) in [5, 5.41) is 14.7. The molecule has 148 valence electrons. The first kappa shape index (κ1) is 19.9. The van der Waals surface area contributed by atoms with Crippen LogP contribution in [0.5, 0.6) is 0 Å². The van der Waals surface area contributed by atoms with E-state index in [0.717, 1.165) is 29.7 Å². The fraction of sp³-hybridized carbons (Fsp3) is 0.524. The van der Waals surface area contributed by atoms with Crippen LogP contribution in [0.3, 0.4) is 0 Å². The minimum absolute atomic E-state index is 0.124. The highest BCUT2D eigenvalue weighted by atomic mass is 16.2. The predicted molar refractivity (Wildman–Crippen MR) is 103 cm³/mol. The Morgan fingerprint density at radius 1 is 1.36 bits per heavy atom. The second kappa shape index (κ2) is 6.93. The van der Waals surface area contributed by atoms with Crippen molar-refractivity contribution in [1.29, 1.82) is 5.26 Å². The topological polar surface area (TPSA) is 102 Å². The molecular weight excluding hydrogens is 356 g/mol. The third-order valence-corrected chi connectivity index (χ3v) is 6.04. The van der Waals surface area contributed by atoms with E-state index < -0.39 is 35.5 Å². The molecule has 2 N–H and O–H groups in total. The summed E-state index contributed by atoms with van der Waals surface area (Å²) in [6, 6.07) is 7.35. The van der Waals surface area contributed by atoms with E-state index >= 15 is 0 Å². The summed E-state index contributed by atoms with van der Waals surface area (Å²) in [5.41, 5.74) is 0.938. The number of hydrogen-bond donors (Lipinski definition) is 2. The molecule has 1 aromatic rings. The Morgan fingerprint density at radius 3 is 2.68 bits per heavy atom. The number of benzene rings is 1. The van der Waals surface area contributed by atoms with Crippen molar-refractivity contribution in [1.82, 2.24) is 15.5 Å². The smallest absolute Gasteiger partial charge is 0.325 e. The van der Waals surface area contributed by atoms with Crippen molar-refractivity contribution >= 4 is 17.8 Å². The van der Waals surface area contributed by atoms with Gasteiger partial charge in [-0.25, -0.2) is 4.79 Å². The number of urea groups is 1. The number of nitriles is 1. The molecule has 2 atom stereocenters. The molecule has 1 fully saturated rings. The Balaban J connectivity index is 1.78. The molecule has 1 saturated heterocycles. The molecule has 1 aromatic carbocycles. The molecule has 0 unspecified atom stereocenters. The number of hydrogen-bond acceptors (Lipinski definition) is 4. The monoisotopic (exact) mass is 382 g/mol. The summed E-state index contributed by atoms with van der Waals surface area (Å²) < 4.78 is 0. The largest absolute Gasteiger partial charge is 0.336 e. The van der Waals surface area contributed by atoms with Crippen molar-refractivity contribution in [2.75, 3.05) is 6.54 Å². The van der Waals surface area contributed by atoms with Crippen LogP contribution in [0.2, 0.25) is 0 Å². The first-order valence-corrected chi connectivity index (χ1v) is 9.59. The molecular formula is C21H26N4O3. The highest BCUT2D eigenvalue weighted by Crippen LogP contribution is 2.32. The summed E-state index contributed by atoms with van der Waals surface area (Å²) in [5.74, 6) is -1.13. The molecule has 3 rings (SSSR count). The number of nitrogens with zero attached hydrogens (tertiary/aromatic N) is 2. The lowest BCUT2D eigenvalue weighted by atomic mass is 9.89. The lowest BCUT2D eigenvalue weighted by Gasteiger charge is -2.28. The maximum atomic E-state index is 13.0. The fourth-order valence-corrected chi connectivity index (χ4v) is 3.69. The zero-order valence-corrected chi connectivity index (χ0v) is 16.8. The quantitative estimate of drug-likeness (QED) is 0.760. The minimum Gasteiger partial charge on any atom is -0.336 e. The van der Waals surface area contributed by atoms with Crippen molar-refractivity contribution in [2.45, 2.75) is 58.0 Å². The van der Waals surface area contributed by atoms with Gasteiger partial charge in [0.15, 0.2) is 0 Å². The first-order chi connectivity index (χ1) is 13.1. The molecule has 0 spiro atoms. The second-order valence-corrected chi connectivity index (χ2v) is 8.30. The van der Waals surface area contributed by atoms with E-state index in [4.69, 9.17) is 0 Å². The van der Waals surface area contributed by atoms with E-state index in [1.165, 1.54) is 11.1 Å². The molecule has 7 nitrogen and oxygen atoms in total. The van der Waals surface area contributed by atoms with Gasteiger partial charge in [-0.15, -0.1) is 0 Å². The second-order valence-electron chi connectivity index (χ2n) is 8.30. The molecule has 4 amide bonds. The Bertz CT molecular complexity index is 888. The van der Waals surface area contributed by atoms with E-state index in [0.29, 0.717) is 0 Å². The molecule has 1 aliphatic heterocycles. The molecule has 1 heterocycles. The highest BCUT2D eigenvalue weighted by Gasteiger charge is 2.50. The minimum atomic E-state index is -1.20. The number of carbonyl (C=O) groups excluding carboxylic acids is 3. The van der Waals surface area contributed by atoms with Gasteiger partial charge in [0, 0.05) is 0 Å². The van der Waals surface area contributed by atoms with Gasteiger partial charge >= 0.3 is 6.03 Å². The molecule has 1 aliphatic carbocycles. The van der Waals surface area contributed by atoms with Crippen molar-refractivity contribution in [2.24, 2.45) is 5.92 Å². The maximum Gasteiger partial charge on any atom is 0.325 e. The van der Waals surface area contributed by atoms with Crippen LogP contribution in [0, 0.1) is 17.2 Å². The van der Waals surface area contributed by atoms with Crippen LogP contribution in [0.4, 0.5) is 4.79 Å². The van der Waals surface area contributed by atoms with Crippen LogP contribution in [0.15, 0.2) is 18.2 Å². The van der Waals surface area contributed by atoms with Crippen LogP contribution >= 0.6 is 0 Å². The van der Waals surface area contributed by atoms with Crippen LogP contribution in [-0.2, 0) is 28.0 Å². The normalized spacial score (nSPS) is 23.2. The maximum absolute atomic E-state index is 13.0. The zero-order valence-electron chi connectivity index (χ0n) is 16.8. The van der Waals surface area contributed by atoms with Gasteiger partial charge in [-0.3, -0.25) is 14.5 Å². The van der Waals surface area contributed by atoms with Crippen molar-refractivity contribution in [3.05, 3.63) is 34.9 Å². The van der Waals surface area contributed by atoms with Crippen LogP contribution in [0.25, 0.3) is 0 Å². The summed E-state index contributed by atoms with van der Waals surface area (Å²) in [7, 11) is 0. The number of nitrogens with one attached hydrogen (secondary N) is 2. The van der Waals surface area contributed by atoms with Crippen LogP contribution in [0.1, 0.15) is 50.8 Å². The number of aryl methyl sites for hydroxylation is 2. The fourth-order valence-electron chi connectivity index (χ4n) is 3.69. The van der Waals surface area contributed by atoms with E-state index in [9.17, 15) is 19.6 Å². The first-order valence-electron chi connectivity index (χ1n) is 9.59. The van der Waals surface area contributed by atoms with Gasteiger partial charge in [-0.05, 0) is 55.7 Å². The van der Waals surface area contributed by atoms with Crippen LogP contribution in [-0.4, -0.2) is 34.8 Å². The Hall–Kier alpha value is -2.88. The average Bonchev–Trinajstić information content (AvgIpc) is 3.19. The predicted octanol–water partition coefficient (Wildman–Crippen LogP) is 2.00. The standard InChI is InChI=1S/C21H26N4O3/c1-13(2)20(3,12-22)23-17(26)11-25-18(27)21(4,24-19(25)28)16-9-8-14-6-5-7-15(14)10-16/h8-10,13H,5-7,11H2,1-4H3,(H,23,26)(H,24,28)/t20-,21+/m1/s1. The van der Waals surface area contributed by atoms with Gasteiger partial charge in [-0.2, -0.15) is 5.26 Å². The summed E-state index contributed by atoms with van der Waals surface area (Å²) in [4.78, 5) is 38.9. The van der Waals surface area contributed by atoms with E-state index in [1.54, 1.807) is 13.8 Å². The molecule has 0 aromatic heterocycles. The number of imide groups is 1. The molecule has 7 heteroatoms. The Labute approximate surface area is 165 Å². The van der Waals surface area contributed by atoms with Gasteiger partial charge in [0.25, 0.3) is 5.91 Å².